The molecule has 0 bridgehead atoms. The summed E-state index contributed by atoms with van der Waals surface area (Å²) >= 11 is 4.17. The predicted octanol–water partition coefficient (Wildman–Crippen LogP) is 1.72. The average molecular weight is 195 g/mol. The Morgan fingerprint density at radius 1 is 1.54 bits per heavy atom. The largest absolute Gasteiger partial charge is 0.412 e. The molecule has 13 heavy (non-hydrogen) atoms. The number of fused-ring (bicyclic) bond motifs is 1. The molecule has 0 atom stereocenters. The third kappa shape index (κ3) is 1.62. The van der Waals surface area contributed by atoms with E-state index >= 15 is 0 Å². The van der Waals surface area contributed by atoms with Gasteiger partial charge in [-0.15, -0.1) is 0 Å². The molecular formula is C9H9NO2S. The van der Waals surface area contributed by atoms with Crippen LogP contribution in [0.3, 0.4) is 0 Å². The number of hydrogen-bond acceptors (Lipinski definition) is 3. The third-order valence-electron chi connectivity index (χ3n) is 1.93. The summed E-state index contributed by atoms with van der Waals surface area (Å²) in [6, 6.07) is 5.70. The summed E-state index contributed by atoms with van der Waals surface area (Å²) in [4.78, 5) is 10.8. The van der Waals surface area contributed by atoms with Crippen LogP contribution in [0.1, 0.15) is 11.1 Å². The van der Waals surface area contributed by atoms with Crippen molar-refractivity contribution in [1.29, 1.82) is 0 Å². The first-order valence-corrected chi connectivity index (χ1v) is 4.61. The highest BCUT2D eigenvalue weighted by Gasteiger charge is 2.15. The van der Waals surface area contributed by atoms with Crippen LogP contribution < -0.4 is 10.1 Å². The van der Waals surface area contributed by atoms with Gasteiger partial charge >= 0.3 is 6.09 Å². The number of thiol groups is 1. The molecule has 1 amide bonds. The molecule has 1 aliphatic heterocycles. The van der Waals surface area contributed by atoms with Gasteiger partial charge in [-0.1, -0.05) is 6.07 Å². The number of carbonyl (C=O) groups is 1. The Morgan fingerprint density at radius 2 is 2.38 bits per heavy atom. The SMILES string of the molecule is O=C1NCc2cc(CS)ccc2O1. The van der Waals surface area contributed by atoms with Crippen LogP contribution in [0.4, 0.5) is 4.79 Å². The van der Waals surface area contributed by atoms with Crippen molar-refractivity contribution in [2.45, 2.75) is 12.3 Å². The van der Waals surface area contributed by atoms with Crippen molar-refractivity contribution in [3.8, 4) is 5.75 Å². The minimum Gasteiger partial charge on any atom is -0.410 e. The van der Waals surface area contributed by atoms with E-state index in [1.807, 2.05) is 12.1 Å². The van der Waals surface area contributed by atoms with Crippen molar-refractivity contribution in [3.05, 3.63) is 29.3 Å². The number of benzene rings is 1. The lowest BCUT2D eigenvalue weighted by Gasteiger charge is -2.17. The maximum atomic E-state index is 10.8. The first kappa shape index (κ1) is 8.44. The smallest absolute Gasteiger partial charge is 0.410 e. The Labute approximate surface area is 81.5 Å². The summed E-state index contributed by atoms with van der Waals surface area (Å²) < 4.78 is 4.96. The molecule has 0 saturated heterocycles. The van der Waals surface area contributed by atoms with Crippen molar-refractivity contribution < 1.29 is 9.53 Å². The Bertz CT molecular complexity index is 351. The van der Waals surface area contributed by atoms with Crippen molar-refractivity contribution in [1.82, 2.24) is 5.32 Å². The van der Waals surface area contributed by atoms with E-state index in [0.717, 1.165) is 11.1 Å². The lowest BCUT2D eigenvalue weighted by molar-refractivity contribution is 0.194. The monoisotopic (exact) mass is 195 g/mol. The second kappa shape index (κ2) is 3.30. The summed E-state index contributed by atoms with van der Waals surface area (Å²) in [5.41, 5.74) is 2.13. The van der Waals surface area contributed by atoms with Gasteiger partial charge in [0.05, 0.1) is 0 Å². The third-order valence-corrected chi connectivity index (χ3v) is 2.30. The van der Waals surface area contributed by atoms with E-state index in [1.54, 1.807) is 6.07 Å². The Hall–Kier alpha value is -1.16. The topological polar surface area (TPSA) is 38.3 Å². The molecule has 1 aliphatic rings. The molecule has 68 valence electrons. The van der Waals surface area contributed by atoms with Crippen LogP contribution in [0.25, 0.3) is 0 Å². The summed E-state index contributed by atoms with van der Waals surface area (Å²) in [6.07, 6.45) is -0.383. The molecule has 1 aromatic rings. The van der Waals surface area contributed by atoms with Crippen molar-refractivity contribution in [3.63, 3.8) is 0 Å². The predicted molar refractivity (Wildman–Crippen MR) is 52.0 cm³/mol. The molecule has 0 aliphatic carbocycles. The highest BCUT2D eigenvalue weighted by molar-refractivity contribution is 7.79. The van der Waals surface area contributed by atoms with Gasteiger partial charge in [0.2, 0.25) is 0 Å². The van der Waals surface area contributed by atoms with Gasteiger partial charge < -0.3 is 10.1 Å². The van der Waals surface area contributed by atoms with Gasteiger partial charge in [-0.25, -0.2) is 4.79 Å². The van der Waals surface area contributed by atoms with E-state index in [2.05, 4.69) is 17.9 Å². The Kier molecular flexibility index (Phi) is 2.14. The molecule has 1 aromatic carbocycles. The van der Waals surface area contributed by atoms with E-state index in [0.29, 0.717) is 18.0 Å². The van der Waals surface area contributed by atoms with Gasteiger partial charge in [0.25, 0.3) is 0 Å². The number of carbonyl (C=O) groups excluding carboxylic acids is 1. The highest BCUT2D eigenvalue weighted by Crippen LogP contribution is 2.23. The molecule has 1 N–H and O–H groups in total. The lowest BCUT2D eigenvalue weighted by atomic mass is 10.1. The van der Waals surface area contributed by atoms with E-state index in [-0.39, 0.29) is 6.09 Å². The van der Waals surface area contributed by atoms with Gasteiger partial charge in [-0.2, -0.15) is 12.6 Å². The van der Waals surface area contributed by atoms with Crippen LogP contribution in [-0.2, 0) is 12.3 Å². The van der Waals surface area contributed by atoms with Gasteiger partial charge in [-0.05, 0) is 17.7 Å². The molecule has 1 heterocycles. The van der Waals surface area contributed by atoms with E-state index in [9.17, 15) is 4.79 Å². The van der Waals surface area contributed by atoms with Crippen LogP contribution in [0.2, 0.25) is 0 Å². The van der Waals surface area contributed by atoms with Crippen molar-refractivity contribution in [2.24, 2.45) is 0 Å². The van der Waals surface area contributed by atoms with E-state index < -0.39 is 0 Å². The quantitative estimate of drug-likeness (QED) is 0.670. The minimum absolute atomic E-state index is 0.383. The Balaban J connectivity index is 2.36. The molecule has 0 aromatic heterocycles. The van der Waals surface area contributed by atoms with Crippen LogP contribution in [0.5, 0.6) is 5.75 Å². The number of ether oxygens (including phenoxy) is 1. The normalized spacial score (nSPS) is 14.4. The number of rotatable bonds is 1. The van der Waals surface area contributed by atoms with Crippen LogP contribution in [0, 0.1) is 0 Å². The molecule has 0 unspecified atom stereocenters. The molecule has 2 rings (SSSR count). The fourth-order valence-corrected chi connectivity index (χ4v) is 1.47. The van der Waals surface area contributed by atoms with Crippen molar-refractivity contribution in [2.75, 3.05) is 0 Å². The standard InChI is InChI=1S/C9H9NO2S/c11-9-10-4-7-3-6(5-13)1-2-8(7)12-9/h1-3,13H,4-5H2,(H,10,11). The zero-order valence-electron chi connectivity index (χ0n) is 6.91. The number of hydrogen-bond donors (Lipinski definition) is 2. The minimum atomic E-state index is -0.383. The molecule has 3 nitrogen and oxygen atoms in total. The average Bonchev–Trinajstić information content (AvgIpc) is 2.17. The van der Waals surface area contributed by atoms with Gasteiger partial charge in [0, 0.05) is 17.9 Å². The molecule has 0 radical (unpaired) electrons. The van der Waals surface area contributed by atoms with Gasteiger partial charge in [0.15, 0.2) is 0 Å². The zero-order chi connectivity index (χ0) is 9.26. The number of nitrogens with one attached hydrogen (secondary N) is 1. The lowest BCUT2D eigenvalue weighted by Crippen LogP contribution is -2.31. The van der Waals surface area contributed by atoms with Gasteiger partial charge in [-0.3, -0.25) is 0 Å². The second-order valence-electron chi connectivity index (χ2n) is 2.84. The molecular weight excluding hydrogens is 186 g/mol. The first-order valence-electron chi connectivity index (χ1n) is 3.98. The second-order valence-corrected chi connectivity index (χ2v) is 3.16. The highest BCUT2D eigenvalue weighted by atomic mass is 32.1. The number of amides is 1. The molecule has 0 saturated carbocycles. The van der Waals surface area contributed by atoms with Crippen LogP contribution >= 0.6 is 12.6 Å². The molecule has 4 heteroatoms. The molecule has 0 spiro atoms. The Morgan fingerprint density at radius 3 is 3.15 bits per heavy atom. The van der Waals surface area contributed by atoms with Crippen molar-refractivity contribution >= 4 is 18.7 Å². The molecule has 0 fully saturated rings. The van der Waals surface area contributed by atoms with Gasteiger partial charge in [0.1, 0.15) is 5.75 Å². The van der Waals surface area contributed by atoms with Crippen LogP contribution in [0.15, 0.2) is 18.2 Å². The summed E-state index contributed by atoms with van der Waals surface area (Å²) in [5, 5.41) is 2.60. The zero-order valence-corrected chi connectivity index (χ0v) is 7.80. The first-order chi connectivity index (χ1) is 6.29. The van der Waals surface area contributed by atoms with Crippen LogP contribution in [-0.4, -0.2) is 6.09 Å². The summed E-state index contributed by atoms with van der Waals surface area (Å²) in [5.74, 6) is 1.34. The van der Waals surface area contributed by atoms with E-state index in [1.165, 1.54) is 0 Å². The maximum Gasteiger partial charge on any atom is 0.412 e. The fraction of sp³-hybridized carbons (Fsp3) is 0.222. The fourth-order valence-electron chi connectivity index (χ4n) is 1.27. The van der Waals surface area contributed by atoms with E-state index in [4.69, 9.17) is 4.74 Å². The summed E-state index contributed by atoms with van der Waals surface area (Å²) in [6.45, 7) is 0.537. The maximum absolute atomic E-state index is 10.8. The summed E-state index contributed by atoms with van der Waals surface area (Å²) in [7, 11) is 0.